The third-order valence-electron chi connectivity index (χ3n) is 5.34. The van der Waals surface area contributed by atoms with Crippen LogP contribution in [0.2, 0.25) is 5.02 Å². The van der Waals surface area contributed by atoms with Gasteiger partial charge in [0.05, 0.1) is 17.9 Å². The van der Waals surface area contributed by atoms with Gasteiger partial charge in [-0.1, -0.05) is 54.6 Å². The molecule has 0 unspecified atom stereocenters. The summed E-state index contributed by atoms with van der Waals surface area (Å²) in [5, 5.41) is 27.6. The number of thioether (sulfide) groups is 1. The van der Waals surface area contributed by atoms with Gasteiger partial charge in [0.2, 0.25) is 0 Å². The summed E-state index contributed by atoms with van der Waals surface area (Å²) in [6.45, 7) is 6.71. The number of halogens is 1. The third kappa shape index (κ3) is 6.23. The Morgan fingerprint density at radius 1 is 1.03 bits per heavy atom. The van der Waals surface area contributed by atoms with Crippen molar-refractivity contribution < 1.29 is 4.74 Å². The van der Waals surface area contributed by atoms with Gasteiger partial charge in [0, 0.05) is 33.8 Å². The highest BCUT2D eigenvalue weighted by Crippen LogP contribution is 2.38. The summed E-state index contributed by atoms with van der Waals surface area (Å²) >= 11 is 8.99. The number of rotatable bonds is 10. The number of nitrogens with zero attached hydrogens (tertiary/aromatic N) is 4. The molecule has 0 saturated carbocycles. The van der Waals surface area contributed by atoms with Crippen molar-refractivity contribution in [3.8, 4) is 39.6 Å². The maximum Gasteiger partial charge on any atom is 0.146 e. The molecule has 0 fully saturated rings. The second-order valence-electron chi connectivity index (χ2n) is 7.85. The number of anilines is 1. The van der Waals surface area contributed by atoms with Crippen molar-refractivity contribution in [3.63, 3.8) is 0 Å². The van der Waals surface area contributed by atoms with E-state index in [0.29, 0.717) is 57.2 Å². The lowest BCUT2D eigenvalue weighted by Crippen LogP contribution is -2.08. The summed E-state index contributed by atoms with van der Waals surface area (Å²) in [4.78, 5) is 9.46. The van der Waals surface area contributed by atoms with E-state index in [2.05, 4.69) is 24.4 Å². The molecule has 2 aromatic heterocycles. The molecule has 0 aliphatic carbocycles. The molecule has 4 aromatic rings. The molecule has 4 rings (SSSR count). The molecule has 0 spiro atoms. The highest BCUT2D eigenvalue weighted by atomic mass is 35.5. The first-order valence-corrected chi connectivity index (χ1v) is 13.8. The Kier molecular flexibility index (Phi) is 9.03. The average Bonchev–Trinajstić information content (AvgIpc) is 3.40. The maximum absolute atomic E-state index is 10.2. The van der Waals surface area contributed by atoms with Crippen LogP contribution in [0, 0.1) is 29.6 Å². The molecule has 1 radical (unpaired) electrons. The third-order valence-corrected chi connectivity index (χ3v) is 7.54. The minimum Gasteiger partial charge on any atom is -0.494 e. The van der Waals surface area contributed by atoms with Gasteiger partial charge in [-0.3, -0.25) is 0 Å². The molecule has 37 heavy (non-hydrogen) atoms. The van der Waals surface area contributed by atoms with E-state index in [0.717, 1.165) is 28.2 Å². The number of aromatic nitrogens is 2. The van der Waals surface area contributed by atoms with Crippen molar-refractivity contribution in [2.45, 2.75) is 24.1 Å². The standard InChI is InChI=1S/C28H23ClN5OS2/c1-3-13-32-26-23(14-30)25(18-7-11-22(12-8-18)35-4-2)24(15-31)28(34-26)37-17-21-16-36-27(33-21)19-5-9-20(29)10-6-19/h5-12,16H,2-4,13,17H2,1H3,(H,32,34). The highest BCUT2D eigenvalue weighted by molar-refractivity contribution is 7.98. The molecule has 2 aromatic carbocycles. The number of hydrogen-bond donors (Lipinski definition) is 1. The summed E-state index contributed by atoms with van der Waals surface area (Å²) in [7, 11) is 0. The zero-order chi connectivity index (χ0) is 26.2. The molecular weight excluding hydrogens is 522 g/mol. The lowest BCUT2D eigenvalue weighted by atomic mass is 9.96. The summed E-state index contributed by atoms with van der Waals surface area (Å²) < 4.78 is 5.46. The molecule has 185 valence electrons. The Labute approximate surface area is 229 Å². The molecule has 0 saturated heterocycles. The van der Waals surface area contributed by atoms with E-state index in [4.69, 9.17) is 26.3 Å². The zero-order valence-corrected chi connectivity index (χ0v) is 22.5. The van der Waals surface area contributed by atoms with Crippen molar-refractivity contribution in [3.05, 3.63) is 82.7 Å². The summed E-state index contributed by atoms with van der Waals surface area (Å²) in [5.41, 5.74) is 3.89. The number of benzene rings is 2. The predicted octanol–water partition coefficient (Wildman–Crippen LogP) is 7.60. The number of hydrogen-bond acceptors (Lipinski definition) is 8. The molecular formula is C28H23ClN5OS2. The smallest absolute Gasteiger partial charge is 0.146 e. The Morgan fingerprint density at radius 2 is 1.73 bits per heavy atom. The van der Waals surface area contributed by atoms with E-state index in [9.17, 15) is 10.5 Å². The summed E-state index contributed by atoms with van der Waals surface area (Å²) in [6.07, 6.45) is 0.869. The number of thiazole rings is 1. The number of pyridine rings is 1. The van der Waals surface area contributed by atoms with Crippen molar-refractivity contribution in [1.82, 2.24) is 9.97 Å². The normalized spacial score (nSPS) is 10.5. The van der Waals surface area contributed by atoms with Gasteiger partial charge in [-0.05, 0) is 43.2 Å². The van der Waals surface area contributed by atoms with Gasteiger partial charge < -0.3 is 10.1 Å². The van der Waals surface area contributed by atoms with E-state index in [-0.39, 0.29) is 0 Å². The fourth-order valence-corrected chi connectivity index (χ4v) is 5.55. The van der Waals surface area contributed by atoms with Crippen LogP contribution < -0.4 is 10.1 Å². The highest BCUT2D eigenvalue weighted by Gasteiger charge is 2.22. The summed E-state index contributed by atoms with van der Waals surface area (Å²) in [5.74, 6) is 1.67. The minimum atomic E-state index is 0.309. The van der Waals surface area contributed by atoms with Crippen LogP contribution in [0.4, 0.5) is 5.82 Å². The number of nitrogens with one attached hydrogen (secondary N) is 1. The van der Waals surface area contributed by atoms with Crippen LogP contribution in [0.1, 0.15) is 30.2 Å². The second kappa shape index (κ2) is 12.6. The van der Waals surface area contributed by atoms with E-state index < -0.39 is 0 Å². The largest absolute Gasteiger partial charge is 0.494 e. The lowest BCUT2D eigenvalue weighted by Gasteiger charge is -2.16. The Balaban J connectivity index is 1.70. The van der Waals surface area contributed by atoms with Crippen LogP contribution in [0.3, 0.4) is 0 Å². The molecule has 0 atom stereocenters. The predicted molar refractivity (Wildman–Crippen MR) is 151 cm³/mol. The Hall–Kier alpha value is -3.56. The molecule has 2 heterocycles. The second-order valence-corrected chi connectivity index (χ2v) is 10.1. The van der Waals surface area contributed by atoms with Crippen LogP contribution in [-0.4, -0.2) is 23.1 Å². The van der Waals surface area contributed by atoms with Gasteiger partial charge in [0.1, 0.15) is 39.3 Å². The van der Waals surface area contributed by atoms with Crippen LogP contribution >= 0.6 is 34.7 Å². The molecule has 6 nitrogen and oxygen atoms in total. The number of ether oxygens (including phenoxy) is 1. The number of nitriles is 2. The summed E-state index contributed by atoms with van der Waals surface area (Å²) in [6, 6.07) is 19.4. The van der Waals surface area contributed by atoms with E-state index >= 15 is 0 Å². The van der Waals surface area contributed by atoms with E-state index in [1.165, 1.54) is 11.8 Å². The van der Waals surface area contributed by atoms with E-state index in [1.807, 2.05) is 60.8 Å². The molecule has 0 aliphatic rings. The van der Waals surface area contributed by atoms with Crippen molar-refractivity contribution in [1.29, 1.82) is 10.5 Å². The molecule has 0 bridgehead atoms. The van der Waals surface area contributed by atoms with Gasteiger partial charge in [-0.15, -0.1) is 11.3 Å². The molecule has 9 heteroatoms. The molecule has 1 N–H and O–H groups in total. The maximum atomic E-state index is 10.2. The van der Waals surface area contributed by atoms with Crippen molar-refractivity contribution in [2.75, 3.05) is 18.5 Å². The molecule has 0 aliphatic heterocycles. The fourth-order valence-electron chi connectivity index (χ4n) is 3.62. The molecule has 0 amide bonds. The quantitative estimate of drug-likeness (QED) is 0.205. The van der Waals surface area contributed by atoms with Gasteiger partial charge in [0.15, 0.2) is 0 Å². The van der Waals surface area contributed by atoms with Gasteiger partial charge in [0.25, 0.3) is 0 Å². The SMILES string of the molecule is [CH2]COc1ccc(-c2c(C#N)c(NCCC)nc(SCc3csc(-c4ccc(Cl)cc4)n3)c2C#N)cc1. The van der Waals surface area contributed by atoms with Crippen LogP contribution in [-0.2, 0) is 5.75 Å². The average molecular weight is 545 g/mol. The topological polar surface area (TPSA) is 94.6 Å². The Bertz CT molecular complexity index is 1450. The van der Waals surface area contributed by atoms with Gasteiger partial charge in [-0.2, -0.15) is 10.5 Å². The first-order chi connectivity index (χ1) is 18.1. The monoisotopic (exact) mass is 544 g/mol. The van der Waals surface area contributed by atoms with Crippen LogP contribution in [0.25, 0.3) is 21.7 Å². The fraction of sp³-hybridized carbons (Fsp3) is 0.179. The minimum absolute atomic E-state index is 0.309. The van der Waals surface area contributed by atoms with Crippen molar-refractivity contribution >= 4 is 40.5 Å². The van der Waals surface area contributed by atoms with Crippen molar-refractivity contribution in [2.24, 2.45) is 0 Å². The van der Waals surface area contributed by atoms with Gasteiger partial charge in [-0.25, -0.2) is 9.97 Å². The van der Waals surface area contributed by atoms with E-state index in [1.54, 1.807) is 11.3 Å². The Morgan fingerprint density at radius 3 is 2.38 bits per heavy atom. The first-order valence-electron chi connectivity index (χ1n) is 11.6. The van der Waals surface area contributed by atoms with Crippen LogP contribution in [0.5, 0.6) is 5.75 Å². The lowest BCUT2D eigenvalue weighted by molar-refractivity contribution is 0.361. The first kappa shape index (κ1) is 26.5. The van der Waals surface area contributed by atoms with Crippen LogP contribution in [0.15, 0.2) is 58.9 Å². The van der Waals surface area contributed by atoms with Gasteiger partial charge >= 0.3 is 0 Å². The zero-order valence-electron chi connectivity index (χ0n) is 20.1.